The van der Waals surface area contributed by atoms with E-state index in [2.05, 4.69) is 20.8 Å². The molecular formula is C76H120NO9. The van der Waals surface area contributed by atoms with Crippen molar-refractivity contribution in [3.63, 3.8) is 0 Å². The van der Waals surface area contributed by atoms with Gasteiger partial charge in [0.2, 0.25) is 11.5 Å². The average molecular weight is 1190 g/mol. The molecule has 10 nitrogen and oxygen atoms in total. The van der Waals surface area contributed by atoms with Crippen LogP contribution in [0.4, 0.5) is 5.69 Å². The SMILES string of the molecule is CCCCCCCCCCCCCCCCOc1ccc(-c2c(OC)c(OC)c(OC)c([N+](=O)[O-])c2C([O])(c2ccc(OCCCCCCCCCCCCCCCC)cc2)c2ccc(OCCCCCCCCCCCCCCCC)cc2)cc1. The molecule has 10 heteroatoms. The fourth-order valence-electron chi connectivity index (χ4n) is 12.2. The van der Waals surface area contributed by atoms with E-state index in [1.807, 2.05) is 24.3 Å². The highest BCUT2D eigenvalue weighted by molar-refractivity contribution is 5.88. The number of nitrogens with zero attached hydrogens (tertiary/aromatic N) is 1. The van der Waals surface area contributed by atoms with Gasteiger partial charge in [-0.05, 0) is 72.4 Å². The van der Waals surface area contributed by atoms with Gasteiger partial charge in [0, 0.05) is 5.56 Å². The van der Waals surface area contributed by atoms with Crippen LogP contribution in [0.3, 0.4) is 0 Å². The van der Waals surface area contributed by atoms with Crippen molar-refractivity contribution in [1.29, 1.82) is 0 Å². The zero-order valence-electron chi connectivity index (χ0n) is 55.4. The maximum absolute atomic E-state index is 16.9. The summed E-state index contributed by atoms with van der Waals surface area (Å²) >= 11 is 0. The standard InChI is InChI=1S/C76H120NO9/c1-7-10-13-16-19-22-25-28-31-34-37-40-43-46-61-84-67-55-49-64(50-56-67)70-71(72(77(79)80)74(82-5)75(83-6)73(70)81-4)76(78,65-51-57-68(58-52-65)85-62-47-44-41-38-35-32-29-26-23-20-17-14-11-8-2)66-53-59-69(60-54-66)86-63-48-45-42-39-36-33-30-27-24-21-18-15-12-9-3/h49-60H,7-48,61-63H2,1-6H3. The third-order valence-corrected chi connectivity index (χ3v) is 17.5. The first-order chi connectivity index (χ1) is 42.3. The Morgan fingerprint density at radius 2 is 0.581 bits per heavy atom. The molecule has 0 N–H and O–H groups in total. The lowest BCUT2D eigenvalue weighted by Crippen LogP contribution is -2.30. The molecule has 4 rings (SSSR count). The molecule has 0 bridgehead atoms. The van der Waals surface area contributed by atoms with Crippen LogP contribution in [0.15, 0.2) is 72.8 Å². The molecule has 4 aromatic carbocycles. The van der Waals surface area contributed by atoms with E-state index in [0.29, 0.717) is 42.6 Å². The quantitative estimate of drug-likeness (QED) is 0.0186. The third-order valence-electron chi connectivity index (χ3n) is 17.5. The van der Waals surface area contributed by atoms with Crippen LogP contribution in [0, 0.1) is 10.1 Å². The minimum atomic E-state index is -2.39. The Bertz CT molecular complexity index is 2220. The van der Waals surface area contributed by atoms with Crippen molar-refractivity contribution in [3.05, 3.63) is 99.6 Å². The van der Waals surface area contributed by atoms with E-state index in [4.69, 9.17) is 28.4 Å². The summed E-state index contributed by atoms with van der Waals surface area (Å²) in [5.41, 5.74) is -1.74. The van der Waals surface area contributed by atoms with Crippen LogP contribution < -0.4 is 28.4 Å². The Morgan fingerprint density at radius 1 is 0.337 bits per heavy atom. The number of hydrogen-bond acceptors (Lipinski definition) is 8. The normalized spacial score (nSPS) is 11.5. The van der Waals surface area contributed by atoms with Gasteiger partial charge >= 0.3 is 5.69 Å². The smallest absolute Gasteiger partial charge is 0.322 e. The van der Waals surface area contributed by atoms with E-state index in [0.717, 1.165) is 38.5 Å². The zero-order valence-corrected chi connectivity index (χ0v) is 55.4. The Hall–Kier alpha value is -4.96. The third kappa shape index (κ3) is 27.6. The van der Waals surface area contributed by atoms with Gasteiger partial charge in [-0.2, -0.15) is 0 Å². The minimum Gasteiger partial charge on any atom is -0.494 e. The van der Waals surface area contributed by atoms with Crippen LogP contribution in [0.25, 0.3) is 11.1 Å². The fourth-order valence-corrected chi connectivity index (χ4v) is 12.2. The molecule has 0 fully saturated rings. The first-order valence-corrected chi connectivity index (χ1v) is 35.2. The van der Waals surface area contributed by atoms with Gasteiger partial charge in [0.25, 0.3) is 0 Å². The summed E-state index contributed by atoms with van der Waals surface area (Å²) in [5.74, 6) is 1.87. The Morgan fingerprint density at radius 3 is 0.826 bits per heavy atom. The van der Waals surface area contributed by atoms with Crippen LogP contribution in [0.5, 0.6) is 34.5 Å². The number of hydrogen-bond donors (Lipinski definition) is 0. The Kier molecular flexibility index (Phi) is 40.3. The molecule has 483 valence electrons. The molecule has 0 unspecified atom stereocenters. The van der Waals surface area contributed by atoms with E-state index in [9.17, 15) is 10.1 Å². The van der Waals surface area contributed by atoms with Gasteiger partial charge in [-0.15, -0.1) is 0 Å². The van der Waals surface area contributed by atoms with Gasteiger partial charge in [0.05, 0.1) is 51.6 Å². The number of nitro groups is 1. The van der Waals surface area contributed by atoms with Gasteiger partial charge in [0.15, 0.2) is 11.4 Å². The highest BCUT2D eigenvalue weighted by Gasteiger charge is 2.48. The van der Waals surface area contributed by atoms with Gasteiger partial charge in [-0.3, -0.25) is 10.1 Å². The molecule has 1 radical (unpaired) electrons. The molecule has 0 saturated heterocycles. The number of benzene rings is 4. The summed E-state index contributed by atoms with van der Waals surface area (Å²) in [6, 6.07) is 21.5. The summed E-state index contributed by atoms with van der Waals surface area (Å²) in [6.07, 6.45) is 53.9. The summed E-state index contributed by atoms with van der Waals surface area (Å²) in [7, 11) is 4.24. The van der Waals surface area contributed by atoms with E-state index < -0.39 is 16.2 Å². The van der Waals surface area contributed by atoms with Crippen LogP contribution in [0.1, 0.15) is 307 Å². The van der Waals surface area contributed by atoms with Crippen molar-refractivity contribution in [1.82, 2.24) is 0 Å². The Balaban J connectivity index is 1.50. The second-order valence-corrected chi connectivity index (χ2v) is 24.5. The molecule has 0 aliphatic rings. The van der Waals surface area contributed by atoms with Crippen LogP contribution in [-0.4, -0.2) is 46.1 Å². The summed E-state index contributed by atoms with van der Waals surface area (Å²) < 4.78 is 36.6. The second kappa shape index (κ2) is 47.1. The molecule has 0 aliphatic heterocycles. The molecular weight excluding hydrogens is 1070 g/mol. The molecule has 0 spiro atoms. The maximum Gasteiger partial charge on any atom is 0.322 e. The molecule has 0 aromatic heterocycles. The maximum atomic E-state index is 16.9. The van der Waals surface area contributed by atoms with Gasteiger partial charge in [-0.1, -0.05) is 308 Å². The van der Waals surface area contributed by atoms with Crippen molar-refractivity contribution in [3.8, 4) is 45.6 Å². The number of ether oxygens (including phenoxy) is 6. The Labute approximate surface area is 524 Å². The molecule has 0 atom stereocenters. The average Bonchev–Trinajstić information content (AvgIpc) is 1.31. The highest BCUT2D eigenvalue weighted by atomic mass is 16.6. The zero-order chi connectivity index (χ0) is 61.6. The second-order valence-electron chi connectivity index (χ2n) is 24.5. The molecule has 0 saturated carbocycles. The van der Waals surface area contributed by atoms with Gasteiger partial charge < -0.3 is 28.4 Å². The summed E-state index contributed by atoms with van der Waals surface area (Å²) in [6.45, 7) is 8.51. The van der Waals surface area contributed by atoms with Crippen molar-refractivity contribution in [2.24, 2.45) is 0 Å². The highest BCUT2D eigenvalue weighted by Crippen LogP contribution is 2.58. The molecule has 0 heterocycles. The number of nitro benzene ring substituents is 1. The van der Waals surface area contributed by atoms with E-state index in [1.54, 1.807) is 48.5 Å². The van der Waals surface area contributed by atoms with Crippen LogP contribution in [-0.2, 0) is 10.7 Å². The lowest BCUT2D eigenvalue weighted by atomic mass is 9.75. The lowest BCUT2D eigenvalue weighted by molar-refractivity contribution is -0.387. The van der Waals surface area contributed by atoms with E-state index in [-0.39, 0.29) is 39.5 Å². The molecule has 0 amide bonds. The predicted molar refractivity (Wildman–Crippen MR) is 359 cm³/mol. The monoisotopic (exact) mass is 1190 g/mol. The van der Waals surface area contributed by atoms with Crippen molar-refractivity contribution in [2.75, 3.05) is 41.2 Å². The topological polar surface area (TPSA) is 118 Å². The fraction of sp³-hybridized carbons (Fsp3) is 0.684. The summed E-state index contributed by atoms with van der Waals surface area (Å²) in [5, 5.41) is 30.6. The number of methoxy groups -OCH3 is 3. The lowest BCUT2D eigenvalue weighted by Gasteiger charge is -2.31. The summed E-state index contributed by atoms with van der Waals surface area (Å²) in [4.78, 5) is 13.2. The molecule has 0 aliphatic carbocycles. The first-order valence-electron chi connectivity index (χ1n) is 35.2. The van der Waals surface area contributed by atoms with Crippen molar-refractivity contribution < 1.29 is 38.5 Å². The van der Waals surface area contributed by atoms with Gasteiger partial charge in [-0.25, -0.2) is 5.11 Å². The number of unbranched alkanes of at least 4 members (excludes halogenated alkanes) is 39. The predicted octanol–water partition coefficient (Wildman–Crippen LogP) is 23.6. The van der Waals surface area contributed by atoms with Crippen LogP contribution >= 0.6 is 0 Å². The molecule has 4 aromatic rings. The number of rotatable bonds is 56. The van der Waals surface area contributed by atoms with E-state index >= 15 is 5.11 Å². The first kappa shape index (κ1) is 73.5. The minimum absolute atomic E-state index is 0.0143. The van der Waals surface area contributed by atoms with Crippen molar-refractivity contribution >= 4 is 5.69 Å². The largest absolute Gasteiger partial charge is 0.494 e. The molecule has 86 heavy (non-hydrogen) atoms. The van der Waals surface area contributed by atoms with E-state index in [1.165, 1.54) is 252 Å². The van der Waals surface area contributed by atoms with Crippen molar-refractivity contribution in [2.45, 2.75) is 296 Å². The van der Waals surface area contributed by atoms with Crippen LogP contribution in [0.2, 0.25) is 0 Å². The van der Waals surface area contributed by atoms with Gasteiger partial charge in [0.1, 0.15) is 17.2 Å².